The monoisotopic (exact) mass is 281 g/mol. The van der Waals surface area contributed by atoms with Crippen molar-refractivity contribution in [3.05, 3.63) is 34.6 Å². The second-order valence-electron chi connectivity index (χ2n) is 3.45. The lowest BCUT2D eigenvalue weighted by atomic mass is 10.2. The highest BCUT2D eigenvalue weighted by Crippen LogP contribution is 2.26. The Bertz CT molecular complexity index is 484. The number of aromatic nitrogens is 2. The smallest absolute Gasteiger partial charge is 0.243 e. The Morgan fingerprint density at radius 1 is 1.44 bits per heavy atom. The summed E-state index contributed by atoms with van der Waals surface area (Å²) in [6.45, 7) is 1.98. The molecule has 2 aromatic rings. The number of nitrogens with two attached hydrogens (primary N) is 1. The van der Waals surface area contributed by atoms with Gasteiger partial charge in [-0.1, -0.05) is 40.1 Å². The summed E-state index contributed by atoms with van der Waals surface area (Å²) in [5.74, 6) is 1.04. The van der Waals surface area contributed by atoms with E-state index in [0.29, 0.717) is 11.7 Å². The summed E-state index contributed by atoms with van der Waals surface area (Å²) in [6, 6.07) is 7.53. The number of hydrogen-bond acceptors (Lipinski definition) is 4. The van der Waals surface area contributed by atoms with Crippen molar-refractivity contribution in [2.45, 2.75) is 19.4 Å². The molecule has 0 aliphatic heterocycles. The van der Waals surface area contributed by atoms with E-state index in [4.69, 9.17) is 10.3 Å². The lowest BCUT2D eigenvalue weighted by molar-refractivity contribution is 0.352. The van der Waals surface area contributed by atoms with E-state index in [1.165, 1.54) is 0 Å². The van der Waals surface area contributed by atoms with Gasteiger partial charge in [-0.25, -0.2) is 0 Å². The minimum atomic E-state index is -0.191. The molecule has 1 heterocycles. The second-order valence-corrected chi connectivity index (χ2v) is 4.31. The van der Waals surface area contributed by atoms with Gasteiger partial charge in [0, 0.05) is 10.0 Å². The van der Waals surface area contributed by atoms with Crippen LogP contribution in [0.5, 0.6) is 0 Å². The lowest BCUT2D eigenvalue weighted by Gasteiger charge is -1.99. The van der Waals surface area contributed by atoms with Gasteiger partial charge in [-0.15, -0.1) is 0 Å². The molecule has 0 unspecified atom stereocenters. The Hall–Kier alpha value is -1.20. The van der Waals surface area contributed by atoms with Gasteiger partial charge in [-0.2, -0.15) is 4.98 Å². The summed E-state index contributed by atoms with van der Waals surface area (Å²) in [6.07, 6.45) is 0.775. The zero-order chi connectivity index (χ0) is 11.5. The highest BCUT2D eigenvalue weighted by atomic mass is 79.9. The highest BCUT2D eigenvalue weighted by Gasteiger charge is 2.15. The maximum absolute atomic E-state index is 5.82. The minimum absolute atomic E-state index is 0.191. The number of benzene rings is 1. The van der Waals surface area contributed by atoms with Crippen LogP contribution in [-0.4, -0.2) is 10.1 Å². The van der Waals surface area contributed by atoms with Crippen LogP contribution >= 0.6 is 15.9 Å². The zero-order valence-electron chi connectivity index (χ0n) is 8.85. The molecule has 0 spiro atoms. The largest absolute Gasteiger partial charge is 0.337 e. The first-order valence-corrected chi connectivity index (χ1v) is 5.85. The van der Waals surface area contributed by atoms with Crippen molar-refractivity contribution in [1.29, 1.82) is 0 Å². The predicted octanol–water partition coefficient (Wildman–Crippen LogP) is 2.91. The summed E-state index contributed by atoms with van der Waals surface area (Å²) in [4.78, 5) is 4.28. The standard InChI is InChI=1S/C11H12BrN3O/c1-2-9(13)11-14-10(15-16-11)7-5-3-4-6-8(7)12/h3-6,9H,2,13H2,1H3/t9-/m1/s1. The molecule has 0 fully saturated rings. The average molecular weight is 282 g/mol. The molecular weight excluding hydrogens is 270 g/mol. The van der Waals surface area contributed by atoms with Crippen LogP contribution in [0.4, 0.5) is 0 Å². The van der Waals surface area contributed by atoms with Crippen LogP contribution in [0.1, 0.15) is 25.3 Å². The summed E-state index contributed by atoms with van der Waals surface area (Å²) in [5.41, 5.74) is 6.72. The van der Waals surface area contributed by atoms with Crippen molar-refractivity contribution in [1.82, 2.24) is 10.1 Å². The summed E-state index contributed by atoms with van der Waals surface area (Å²) in [5, 5.41) is 3.92. The van der Waals surface area contributed by atoms with Gasteiger partial charge in [-0.3, -0.25) is 0 Å². The Balaban J connectivity index is 2.35. The molecular formula is C11H12BrN3O. The fraction of sp³-hybridized carbons (Fsp3) is 0.273. The van der Waals surface area contributed by atoms with Crippen molar-refractivity contribution in [3.8, 4) is 11.4 Å². The van der Waals surface area contributed by atoms with E-state index in [2.05, 4.69) is 26.1 Å². The van der Waals surface area contributed by atoms with E-state index in [1.54, 1.807) is 0 Å². The quantitative estimate of drug-likeness (QED) is 0.940. The zero-order valence-corrected chi connectivity index (χ0v) is 10.4. The van der Waals surface area contributed by atoms with E-state index in [9.17, 15) is 0 Å². The van der Waals surface area contributed by atoms with Crippen LogP contribution in [0.15, 0.2) is 33.3 Å². The van der Waals surface area contributed by atoms with Crippen LogP contribution in [0.2, 0.25) is 0 Å². The molecule has 1 aromatic heterocycles. The van der Waals surface area contributed by atoms with Crippen molar-refractivity contribution in [3.63, 3.8) is 0 Å². The maximum Gasteiger partial charge on any atom is 0.243 e. The molecule has 0 amide bonds. The molecule has 2 rings (SSSR count). The molecule has 0 saturated carbocycles. The van der Waals surface area contributed by atoms with Gasteiger partial charge < -0.3 is 10.3 Å². The van der Waals surface area contributed by atoms with E-state index in [0.717, 1.165) is 16.5 Å². The molecule has 0 saturated heterocycles. The number of halogens is 1. The first kappa shape index (κ1) is 11.3. The molecule has 0 bridgehead atoms. The van der Waals surface area contributed by atoms with Crippen molar-refractivity contribution < 1.29 is 4.52 Å². The molecule has 4 nitrogen and oxygen atoms in total. The molecule has 5 heteroatoms. The Kier molecular flexibility index (Phi) is 3.36. The van der Waals surface area contributed by atoms with Crippen molar-refractivity contribution >= 4 is 15.9 Å². The Morgan fingerprint density at radius 2 is 2.19 bits per heavy atom. The van der Waals surface area contributed by atoms with Gasteiger partial charge >= 0.3 is 0 Å². The highest BCUT2D eigenvalue weighted by molar-refractivity contribution is 9.10. The summed E-state index contributed by atoms with van der Waals surface area (Å²) < 4.78 is 6.06. The molecule has 1 atom stereocenters. The van der Waals surface area contributed by atoms with Gasteiger partial charge in [0.15, 0.2) is 0 Å². The normalized spacial score (nSPS) is 12.7. The van der Waals surface area contributed by atoms with Gasteiger partial charge in [0.25, 0.3) is 0 Å². The van der Waals surface area contributed by atoms with E-state index >= 15 is 0 Å². The Labute approximate surface area is 102 Å². The fourth-order valence-corrected chi connectivity index (χ4v) is 1.77. The van der Waals surface area contributed by atoms with Crippen LogP contribution in [0.25, 0.3) is 11.4 Å². The van der Waals surface area contributed by atoms with Crippen molar-refractivity contribution in [2.75, 3.05) is 0 Å². The van der Waals surface area contributed by atoms with E-state index in [1.807, 2.05) is 31.2 Å². The van der Waals surface area contributed by atoms with E-state index < -0.39 is 0 Å². The first-order chi connectivity index (χ1) is 7.72. The first-order valence-electron chi connectivity index (χ1n) is 5.06. The van der Waals surface area contributed by atoms with Crippen molar-refractivity contribution in [2.24, 2.45) is 5.73 Å². The second kappa shape index (κ2) is 4.76. The van der Waals surface area contributed by atoms with Crippen LogP contribution in [-0.2, 0) is 0 Å². The average Bonchev–Trinajstić information content (AvgIpc) is 2.78. The van der Waals surface area contributed by atoms with Crippen LogP contribution < -0.4 is 5.73 Å². The summed E-state index contributed by atoms with van der Waals surface area (Å²) >= 11 is 3.44. The molecule has 2 N–H and O–H groups in total. The molecule has 0 aliphatic rings. The summed E-state index contributed by atoms with van der Waals surface area (Å²) in [7, 11) is 0. The van der Waals surface area contributed by atoms with Crippen LogP contribution in [0.3, 0.4) is 0 Å². The number of nitrogens with zero attached hydrogens (tertiary/aromatic N) is 2. The minimum Gasteiger partial charge on any atom is -0.337 e. The van der Waals surface area contributed by atoms with Gasteiger partial charge in [0.2, 0.25) is 11.7 Å². The van der Waals surface area contributed by atoms with Gasteiger partial charge in [-0.05, 0) is 18.6 Å². The fourth-order valence-electron chi connectivity index (χ4n) is 1.31. The lowest BCUT2D eigenvalue weighted by Crippen LogP contribution is -2.08. The SMILES string of the molecule is CC[C@@H](N)c1nc(-c2ccccc2Br)no1. The van der Waals surface area contributed by atoms with Gasteiger partial charge in [0.1, 0.15) is 0 Å². The third kappa shape index (κ3) is 2.15. The third-order valence-corrected chi connectivity index (χ3v) is 3.01. The van der Waals surface area contributed by atoms with E-state index in [-0.39, 0.29) is 6.04 Å². The number of rotatable bonds is 3. The number of hydrogen-bond donors (Lipinski definition) is 1. The topological polar surface area (TPSA) is 64.9 Å². The molecule has 16 heavy (non-hydrogen) atoms. The van der Waals surface area contributed by atoms with Gasteiger partial charge in [0.05, 0.1) is 6.04 Å². The third-order valence-electron chi connectivity index (χ3n) is 2.31. The molecule has 0 radical (unpaired) electrons. The Morgan fingerprint density at radius 3 is 2.88 bits per heavy atom. The molecule has 0 aliphatic carbocycles. The molecule has 1 aromatic carbocycles. The van der Waals surface area contributed by atoms with Crippen LogP contribution in [0, 0.1) is 0 Å². The maximum atomic E-state index is 5.82. The molecule has 84 valence electrons. The predicted molar refractivity (Wildman–Crippen MR) is 64.7 cm³/mol.